The van der Waals surface area contributed by atoms with E-state index in [1.807, 2.05) is 12.1 Å². The summed E-state index contributed by atoms with van der Waals surface area (Å²) in [5.41, 5.74) is 7.11. The van der Waals surface area contributed by atoms with Gasteiger partial charge >= 0.3 is 0 Å². The lowest BCUT2D eigenvalue weighted by Crippen LogP contribution is -2.13. The van der Waals surface area contributed by atoms with E-state index in [4.69, 9.17) is 17.3 Å². The number of hydrogen-bond acceptors (Lipinski definition) is 6. The Hall–Kier alpha value is -3.30. The Balaban J connectivity index is 1.68. The van der Waals surface area contributed by atoms with E-state index in [2.05, 4.69) is 20.1 Å². The van der Waals surface area contributed by atoms with Crippen LogP contribution in [0.2, 0.25) is 5.02 Å². The fourth-order valence-electron chi connectivity index (χ4n) is 2.63. The van der Waals surface area contributed by atoms with Crippen LogP contribution in [0.4, 0.5) is 4.39 Å². The van der Waals surface area contributed by atoms with Crippen molar-refractivity contribution < 1.29 is 9.18 Å². The van der Waals surface area contributed by atoms with Crippen LogP contribution in [0, 0.1) is 5.82 Å². The molecule has 0 bridgehead atoms. The molecular formula is C20H14ClFN6OS. The van der Waals surface area contributed by atoms with Crippen molar-refractivity contribution in [3.63, 3.8) is 0 Å². The Morgan fingerprint density at radius 2 is 1.93 bits per heavy atom. The third kappa shape index (κ3) is 4.64. The fraction of sp³-hybridized carbons (Fsp3) is 0.0500. The van der Waals surface area contributed by atoms with Crippen LogP contribution in [0.5, 0.6) is 0 Å². The summed E-state index contributed by atoms with van der Waals surface area (Å²) in [6, 6.07) is 8.76. The molecule has 1 aromatic carbocycles. The van der Waals surface area contributed by atoms with Gasteiger partial charge in [-0.2, -0.15) is 5.10 Å². The lowest BCUT2D eigenvalue weighted by atomic mass is 10.2. The van der Waals surface area contributed by atoms with Crippen LogP contribution in [0.15, 0.2) is 71.1 Å². The Bertz CT molecular complexity index is 1200. The van der Waals surface area contributed by atoms with Gasteiger partial charge in [-0.1, -0.05) is 23.4 Å². The number of primary amides is 1. The molecule has 4 aromatic rings. The van der Waals surface area contributed by atoms with E-state index in [9.17, 15) is 9.18 Å². The SMILES string of the molecule is NC(=O)c1cnc(Cc2nn(-c3cncc(F)c3)cc2Sc2ccc(Cl)cc2)cn1. The molecule has 3 aromatic heterocycles. The van der Waals surface area contributed by atoms with Crippen molar-refractivity contribution in [1.82, 2.24) is 24.7 Å². The predicted octanol–water partition coefficient (Wildman–Crippen LogP) is 3.69. The number of pyridine rings is 1. The maximum Gasteiger partial charge on any atom is 0.268 e. The number of hydrogen-bond donors (Lipinski definition) is 1. The molecule has 0 unspecified atom stereocenters. The molecule has 150 valence electrons. The van der Waals surface area contributed by atoms with E-state index in [0.717, 1.165) is 16.0 Å². The second-order valence-electron chi connectivity index (χ2n) is 6.24. The van der Waals surface area contributed by atoms with Gasteiger partial charge in [-0.05, 0) is 24.3 Å². The maximum absolute atomic E-state index is 13.6. The van der Waals surface area contributed by atoms with Crippen LogP contribution in [-0.4, -0.2) is 30.6 Å². The number of aromatic nitrogens is 5. The first-order valence-electron chi connectivity index (χ1n) is 8.71. The lowest BCUT2D eigenvalue weighted by molar-refractivity contribution is 0.0995. The second-order valence-corrected chi connectivity index (χ2v) is 7.79. The summed E-state index contributed by atoms with van der Waals surface area (Å²) in [6.45, 7) is 0. The smallest absolute Gasteiger partial charge is 0.268 e. The number of amides is 1. The Labute approximate surface area is 180 Å². The van der Waals surface area contributed by atoms with Crippen molar-refractivity contribution in [2.75, 3.05) is 0 Å². The van der Waals surface area contributed by atoms with Crippen LogP contribution in [0.1, 0.15) is 21.9 Å². The third-order valence-corrected chi connectivity index (χ3v) is 5.38. The summed E-state index contributed by atoms with van der Waals surface area (Å²) in [4.78, 5) is 25.2. The van der Waals surface area contributed by atoms with Gasteiger partial charge in [0.15, 0.2) is 0 Å². The molecule has 2 N–H and O–H groups in total. The molecule has 1 amide bonds. The van der Waals surface area contributed by atoms with Crippen molar-refractivity contribution in [3.8, 4) is 5.69 Å². The Morgan fingerprint density at radius 1 is 1.13 bits per heavy atom. The number of nitrogens with zero attached hydrogens (tertiary/aromatic N) is 5. The average Bonchev–Trinajstić information content (AvgIpc) is 3.12. The Morgan fingerprint density at radius 3 is 2.60 bits per heavy atom. The van der Waals surface area contributed by atoms with E-state index in [-0.39, 0.29) is 5.69 Å². The minimum Gasteiger partial charge on any atom is -0.364 e. The van der Waals surface area contributed by atoms with Gasteiger partial charge in [0, 0.05) is 34.8 Å². The van der Waals surface area contributed by atoms with Gasteiger partial charge in [0.2, 0.25) is 0 Å². The summed E-state index contributed by atoms with van der Waals surface area (Å²) in [6.07, 6.45) is 7.63. The molecule has 0 atom stereocenters. The number of halogens is 2. The van der Waals surface area contributed by atoms with E-state index < -0.39 is 11.7 Å². The second kappa shape index (κ2) is 8.60. The van der Waals surface area contributed by atoms with Crippen LogP contribution < -0.4 is 5.73 Å². The van der Waals surface area contributed by atoms with E-state index in [0.29, 0.717) is 28.5 Å². The number of carbonyl (C=O) groups is 1. The molecule has 0 spiro atoms. The molecule has 0 fully saturated rings. The summed E-state index contributed by atoms with van der Waals surface area (Å²) in [5, 5.41) is 5.24. The van der Waals surface area contributed by atoms with Crippen molar-refractivity contribution in [3.05, 3.63) is 89.2 Å². The number of benzene rings is 1. The van der Waals surface area contributed by atoms with E-state index in [1.54, 1.807) is 23.0 Å². The molecule has 0 aliphatic rings. The molecule has 0 saturated carbocycles. The predicted molar refractivity (Wildman–Crippen MR) is 110 cm³/mol. The number of nitrogens with two attached hydrogens (primary N) is 1. The minimum absolute atomic E-state index is 0.0888. The highest BCUT2D eigenvalue weighted by atomic mass is 35.5. The molecule has 0 aliphatic heterocycles. The molecule has 0 saturated heterocycles. The van der Waals surface area contributed by atoms with Crippen molar-refractivity contribution in [2.45, 2.75) is 16.2 Å². The van der Waals surface area contributed by atoms with E-state index >= 15 is 0 Å². The molecular weight excluding hydrogens is 427 g/mol. The molecule has 30 heavy (non-hydrogen) atoms. The third-order valence-electron chi connectivity index (χ3n) is 4.06. The number of rotatable bonds is 6. The van der Waals surface area contributed by atoms with Crippen LogP contribution in [0.3, 0.4) is 0 Å². The van der Waals surface area contributed by atoms with Crippen LogP contribution >= 0.6 is 23.4 Å². The lowest BCUT2D eigenvalue weighted by Gasteiger charge is -2.03. The van der Waals surface area contributed by atoms with Gasteiger partial charge in [-0.25, -0.2) is 14.1 Å². The molecule has 7 nitrogen and oxygen atoms in total. The summed E-state index contributed by atoms with van der Waals surface area (Å²) in [7, 11) is 0. The first-order chi connectivity index (χ1) is 14.5. The first kappa shape index (κ1) is 20.0. The summed E-state index contributed by atoms with van der Waals surface area (Å²) >= 11 is 7.46. The zero-order valence-corrected chi connectivity index (χ0v) is 16.9. The molecule has 4 rings (SSSR count). The van der Waals surface area contributed by atoms with Crippen molar-refractivity contribution in [2.24, 2.45) is 5.73 Å². The van der Waals surface area contributed by atoms with Crippen LogP contribution in [0.25, 0.3) is 5.69 Å². The zero-order chi connectivity index (χ0) is 21.1. The van der Waals surface area contributed by atoms with Gasteiger partial charge in [0.05, 0.1) is 40.6 Å². The maximum atomic E-state index is 13.6. The van der Waals surface area contributed by atoms with Crippen LogP contribution in [-0.2, 0) is 6.42 Å². The first-order valence-corrected chi connectivity index (χ1v) is 9.91. The van der Waals surface area contributed by atoms with Crippen molar-refractivity contribution >= 4 is 29.3 Å². The Kier molecular flexibility index (Phi) is 5.73. The highest BCUT2D eigenvalue weighted by Gasteiger charge is 2.15. The highest BCUT2D eigenvalue weighted by molar-refractivity contribution is 7.99. The van der Waals surface area contributed by atoms with Gasteiger partial charge in [0.1, 0.15) is 11.5 Å². The number of carbonyl (C=O) groups excluding carboxylic acids is 1. The largest absolute Gasteiger partial charge is 0.364 e. The average molecular weight is 441 g/mol. The minimum atomic E-state index is -0.643. The molecule has 0 aliphatic carbocycles. The van der Waals surface area contributed by atoms with Gasteiger partial charge in [-0.3, -0.25) is 14.8 Å². The molecule has 0 radical (unpaired) electrons. The summed E-state index contributed by atoms with van der Waals surface area (Å²) in [5.74, 6) is -1.10. The fourth-order valence-corrected chi connectivity index (χ4v) is 3.67. The quantitative estimate of drug-likeness (QED) is 0.490. The monoisotopic (exact) mass is 440 g/mol. The standard InChI is InChI=1S/C20H14ClFN6OS/c21-12-1-3-16(4-2-12)30-19-11-28(15-5-13(22)7-24-9-15)27-17(19)6-14-8-26-18(10-25-14)20(23)29/h1-5,7-11H,6H2,(H2,23,29). The normalized spacial score (nSPS) is 10.9. The van der Waals surface area contributed by atoms with Gasteiger partial charge < -0.3 is 5.73 Å². The summed E-state index contributed by atoms with van der Waals surface area (Å²) < 4.78 is 15.2. The highest BCUT2D eigenvalue weighted by Crippen LogP contribution is 2.32. The molecule has 10 heteroatoms. The topological polar surface area (TPSA) is 99.6 Å². The molecule has 3 heterocycles. The zero-order valence-electron chi connectivity index (χ0n) is 15.4. The van der Waals surface area contributed by atoms with Crippen molar-refractivity contribution in [1.29, 1.82) is 0 Å². The van der Waals surface area contributed by atoms with Gasteiger partial charge in [-0.15, -0.1) is 0 Å². The van der Waals surface area contributed by atoms with E-state index in [1.165, 1.54) is 36.4 Å². The van der Waals surface area contributed by atoms with Gasteiger partial charge in [0.25, 0.3) is 5.91 Å².